The summed E-state index contributed by atoms with van der Waals surface area (Å²) < 4.78 is 11.3. The molecule has 0 rings (SSSR count). The van der Waals surface area contributed by atoms with Crippen LogP contribution in [0.1, 0.15) is 47.5 Å². The fourth-order valence-corrected chi connectivity index (χ4v) is 1.88. The van der Waals surface area contributed by atoms with E-state index in [1.165, 1.54) is 0 Å². The molecule has 1 unspecified atom stereocenters. The van der Waals surface area contributed by atoms with Crippen molar-refractivity contribution in [2.75, 3.05) is 14.2 Å². The molecule has 0 aliphatic rings. The molecule has 2 heteroatoms. The predicted molar refractivity (Wildman–Crippen MR) is 64.8 cm³/mol. The van der Waals surface area contributed by atoms with Gasteiger partial charge in [0.1, 0.15) is 0 Å². The smallest absolute Gasteiger partial charge is 0.170 e. The first-order valence-electron chi connectivity index (χ1n) is 6.00. The molecular weight excluding hydrogens is 188 g/mol. The van der Waals surface area contributed by atoms with Crippen molar-refractivity contribution in [1.29, 1.82) is 0 Å². The van der Waals surface area contributed by atoms with Crippen LogP contribution in [0.15, 0.2) is 0 Å². The average molecular weight is 216 g/mol. The van der Waals surface area contributed by atoms with Crippen LogP contribution in [0.25, 0.3) is 0 Å². The van der Waals surface area contributed by atoms with Crippen LogP contribution >= 0.6 is 0 Å². The van der Waals surface area contributed by atoms with Crippen LogP contribution in [-0.4, -0.2) is 20.0 Å². The van der Waals surface area contributed by atoms with Gasteiger partial charge >= 0.3 is 0 Å². The molecule has 0 aliphatic heterocycles. The number of ether oxygens (including phenoxy) is 2. The zero-order chi connectivity index (χ0) is 12.1. The summed E-state index contributed by atoms with van der Waals surface area (Å²) in [5, 5.41) is 0. The van der Waals surface area contributed by atoms with Gasteiger partial charge in [0, 0.05) is 26.6 Å². The highest BCUT2D eigenvalue weighted by Gasteiger charge is 2.37. The lowest BCUT2D eigenvalue weighted by atomic mass is 9.85. The summed E-state index contributed by atoms with van der Waals surface area (Å²) >= 11 is 0. The van der Waals surface area contributed by atoms with Gasteiger partial charge in [-0.2, -0.15) is 0 Å². The summed E-state index contributed by atoms with van der Waals surface area (Å²) in [5.41, 5.74) is 0. The highest BCUT2D eigenvalue weighted by Crippen LogP contribution is 2.33. The van der Waals surface area contributed by atoms with E-state index in [0.717, 1.165) is 12.8 Å². The molecule has 0 heterocycles. The molecule has 0 aromatic rings. The fraction of sp³-hybridized carbons (Fsp3) is 1.00. The lowest BCUT2D eigenvalue weighted by Gasteiger charge is -2.39. The van der Waals surface area contributed by atoms with Crippen molar-refractivity contribution in [3.05, 3.63) is 0 Å². The van der Waals surface area contributed by atoms with Crippen LogP contribution in [-0.2, 0) is 9.47 Å². The molecule has 0 fully saturated rings. The summed E-state index contributed by atoms with van der Waals surface area (Å²) in [7, 11) is 3.51. The van der Waals surface area contributed by atoms with Gasteiger partial charge in [-0.15, -0.1) is 0 Å². The van der Waals surface area contributed by atoms with Gasteiger partial charge in [0.2, 0.25) is 0 Å². The molecule has 0 bridgehead atoms. The molecule has 92 valence electrons. The minimum Gasteiger partial charge on any atom is -0.353 e. The second kappa shape index (κ2) is 6.49. The lowest BCUT2D eigenvalue weighted by Crippen LogP contribution is -2.43. The highest BCUT2D eigenvalue weighted by atomic mass is 16.7. The third kappa shape index (κ3) is 4.12. The van der Waals surface area contributed by atoms with Crippen molar-refractivity contribution < 1.29 is 9.47 Å². The van der Waals surface area contributed by atoms with E-state index < -0.39 is 5.79 Å². The molecule has 15 heavy (non-hydrogen) atoms. The summed E-state index contributed by atoms with van der Waals surface area (Å²) in [5.74, 6) is 1.26. The van der Waals surface area contributed by atoms with Crippen molar-refractivity contribution in [3.63, 3.8) is 0 Å². The number of hydrogen-bond donors (Lipinski definition) is 0. The monoisotopic (exact) mass is 216 g/mol. The van der Waals surface area contributed by atoms with Crippen molar-refractivity contribution in [1.82, 2.24) is 0 Å². The maximum absolute atomic E-state index is 5.64. The minimum atomic E-state index is -0.404. The predicted octanol–water partition coefficient (Wildman–Crippen LogP) is 3.70. The van der Waals surface area contributed by atoms with Gasteiger partial charge < -0.3 is 9.47 Å². The Morgan fingerprint density at radius 1 is 0.933 bits per heavy atom. The molecule has 1 atom stereocenters. The Balaban J connectivity index is 4.56. The van der Waals surface area contributed by atoms with E-state index >= 15 is 0 Å². The quantitative estimate of drug-likeness (QED) is 0.604. The Bertz CT molecular complexity index is 160. The number of methoxy groups -OCH3 is 2. The van der Waals surface area contributed by atoms with E-state index in [4.69, 9.17) is 9.47 Å². The second-order valence-corrected chi connectivity index (χ2v) is 5.19. The molecule has 2 nitrogen and oxygen atoms in total. The van der Waals surface area contributed by atoms with Crippen molar-refractivity contribution >= 4 is 0 Å². The molecule has 0 radical (unpaired) electrons. The maximum Gasteiger partial charge on any atom is 0.170 e. The zero-order valence-electron chi connectivity index (χ0n) is 11.5. The van der Waals surface area contributed by atoms with Gasteiger partial charge in [-0.25, -0.2) is 0 Å². The topological polar surface area (TPSA) is 18.5 Å². The van der Waals surface area contributed by atoms with Gasteiger partial charge in [0.05, 0.1) is 0 Å². The van der Waals surface area contributed by atoms with E-state index in [1.54, 1.807) is 14.2 Å². The molecule has 0 aromatic carbocycles. The zero-order valence-corrected chi connectivity index (χ0v) is 11.5. The van der Waals surface area contributed by atoms with Crippen molar-refractivity contribution in [3.8, 4) is 0 Å². The molecule has 0 spiro atoms. The molecular formula is C13H28O2. The Kier molecular flexibility index (Phi) is 6.46. The second-order valence-electron chi connectivity index (χ2n) is 5.19. The van der Waals surface area contributed by atoms with E-state index in [0.29, 0.717) is 17.8 Å². The van der Waals surface area contributed by atoms with E-state index in [2.05, 4.69) is 34.6 Å². The third-order valence-corrected chi connectivity index (χ3v) is 3.45. The maximum atomic E-state index is 5.64. The summed E-state index contributed by atoms with van der Waals surface area (Å²) in [4.78, 5) is 0. The molecule has 0 saturated heterocycles. The van der Waals surface area contributed by atoms with Crippen LogP contribution in [0, 0.1) is 17.8 Å². The Hall–Kier alpha value is -0.0800. The van der Waals surface area contributed by atoms with Crippen molar-refractivity contribution in [2.24, 2.45) is 17.8 Å². The first-order valence-corrected chi connectivity index (χ1v) is 6.00. The average Bonchev–Trinajstić information content (AvgIpc) is 2.19. The summed E-state index contributed by atoms with van der Waals surface area (Å²) in [6.07, 6.45) is 2.11. The Morgan fingerprint density at radius 3 is 1.67 bits per heavy atom. The fourth-order valence-electron chi connectivity index (χ4n) is 1.88. The van der Waals surface area contributed by atoms with E-state index in [9.17, 15) is 0 Å². The Labute approximate surface area is 95.3 Å². The first-order chi connectivity index (χ1) is 6.89. The largest absolute Gasteiger partial charge is 0.353 e. The molecule has 0 aromatic heterocycles. The first kappa shape index (κ1) is 14.9. The number of hydrogen-bond acceptors (Lipinski definition) is 2. The van der Waals surface area contributed by atoms with Crippen LogP contribution in [0.3, 0.4) is 0 Å². The summed E-state index contributed by atoms with van der Waals surface area (Å²) in [6.45, 7) is 11.1. The lowest BCUT2D eigenvalue weighted by molar-refractivity contribution is -0.249. The molecule has 0 aliphatic carbocycles. The van der Waals surface area contributed by atoms with Gasteiger partial charge in [-0.3, -0.25) is 0 Å². The minimum absolute atomic E-state index is 0.404. The standard InChI is InChI=1S/C13H28O2/c1-10(2)8-9-13(14-6,15-7)12(5)11(3)4/h10-12H,8-9H2,1-7H3. The normalized spacial score (nSPS) is 15.0. The van der Waals surface area contributed by atoms with Crippen LogP contribution < -0.4 is 0 Å². The Morgan fingerprint density at radius 2 is 1.40 bits per heavy atom. The van der Waals surface area contributed by atoms with Gasteiger partial charge in [-0.05, 0) is 18.3 Å². The van der Waals surface area contributed by atoms with Crippen LogP contribution in [0.4, 0.5) is 0 Å². The van der Waals surface area contributed by atoms with E-state index in [-0.39, 0.29) is 0 Å². The van der Waals surface area contributed by atoms with Crippen molar-refractivity contribution in [2.45, 2.75) is 53.2 Å². The molecule has 0 saturated carbocycles. The van der Waals surface area contributed by atoms with Crippen LogP contribution in [0.2, 0.25) is 0 Å². The van der Waals surface area contributed by atoms with Gasteiger partial charge in [0.15, 0.2) is 5.79 Å². The molecule has 0 amide bonds. The highest BCUT2D eigenvalue weighted by molar-refractivity contribution is 4.79. The SMILES string of the molecule is COC(CCC(C)C)(OC)C(C)C(C)C. The van der Waals surface area contributed by atoms with Gasteiger partial charge in [0.25, 0.3) is 0 Å². The summed E-state index contributed by atoms with van der Waals surface area (Å²) in [6, 6.07) is 0. The third-order valence-electron chi connectivity index (χ3n) is 3.45. The van der Waals surface area contributed by atoms with E-state index in [1.807, 2.05) is 0 Å². The molecule has 0 N–H and O–H groups in total. The van der Waals surface area contributed by atoms with Gasteiger partial charge in [-0.1, -0.05) is 34.6 Å². The van der Waals surface area contributed by atoms with Crippen LogP contribution in [0.5, 0.6) is 0 Å². The number of rotatable bonds is 7.